The number of aliphatic hydroxyl groups excluding tert-OH is 2. The van der Waals surface area contributed by atoms with Crippen LogP contribution in [0.25, 0.3) is 10.9 Å². The van der Waals surface area contributed by atoms with Gasteiger partial charge in [-0.25, -0.2) is 0 Å². The molecule has 1 aromatic heterocycles. The second kappa shape index (κ2) is 7.35. The molecule has 4 heterocycles. The summed E-state index contributed by atoms with van der Waals surface area (Å²) in [5.41, 5.74) is 3.27. The van der Waals surface area contributed by atoms with Gasteiger partial charge in [-0.05, 0) is 62.1 Å². The number of hydrogen-bond acceptors (Lipinski definition) is 5. The number of nitrogens with zero attached hydrogens (tertiary/aromatic N) is 2. The third-order valence-corrected chi connectivity index (χ3v) is 5.83. The molecule has 3 aliphatic heterocycles. The summed E-state index contributed by atoms with van der Waals surface area (Å²) in [5, 5.41) is 21.1. The molecule has 3 fully saturated rings. The van der Waals surface area contributed by atoms with Crippen LogP contribution in [0.2, 0.25) is 0 Å². The Balaban J connectivity index is 1.65. The van der Waals surface area contributed by atoms with Crippen LogP contribution in [0, 0.1) is 5.92 Å². The van der Waals surface area contributed by atoms with Gasteiger partial charge in [0.15, 0.2) is 0 Å². The first-order valence-corrected chi connectivity index (χ1v) is 9.40. The summed E-state index contributed by atoms with van der Waals surface area (Å²) in [5.74, 6) is 1.29. The van der Waals surface area contributed by atoms with E-state index in [1.165, 1.54) is 12.0 Å². The largest absolute Gasteiger partial charge is 0.491 e. The molecule has 26 heavy (non-hydrogen) atoms. The van der Waals surface area contributed by atoms with Crippen LogP contribution < -0.4 is 4.74 Å². The molecule has 0 amide bonds. The number of pyridine rings is 1. The number of benzene rings is 1. The van der Waals surface area contributed by atoms with E-state index in [0.717, 1.165) is 36.0 Å². The van der Waals surface area contributed by atoms with Crippen LogP contribution in [0.3, 0.4) is 0 Å². The van der Waals surface area contributed by atoms with E-state index in [-0.39, 0.29) is 19.3 Å². The van der Waals surface area contributed by atoms with Crippen molar-refractivity contribution in [3.05, 3.63) is 47.7 Å². The van der Waals surface area contributed by atoms with Gasteiger partial charge in [0, 0.05) is 24.2 Å². The van der Waals surface area contributed by atoms with Crippen molar-refractivity contribution in [2.75, 3.05) is 26.3 Å². The molecule has 2 N–H and O–H groups in total. The Kier molecular flexibility index (Phi) is 4.94. The molecular weight excluding hydrogens is 328 g/mol. The molecule has 3 aliphatic rings. The molecule has 138 valence electrons. The summed E-state index contributed by atoms with van der Waals surface area (Å²) in [7, 11) is 0. The molecule has 0 saturated carbocycles. The molecule has 0 spiro atoms. The highest BCUT2D eigenvalue weighted by atomic mass is 16.5. The van der Waals surface area contributed by atoms with E-state index in [4.69, 9.17) is 9.84 Å². The lowest BCUT2D eigenvalue weighted by molar-refractivity contribution is -0.00340. The highest BCUT2D eigenvalue weighted by Crippen LogP contribution is 2.41. The number of allylic oxidation sites excluding steroid dienone is 1. The standard InChI is InChI=1S/C21H26N2O3/c1-2-14-13-23-8-6-15(14)11-20(23)21(25)17-5-7-22-19-4-3-16(12-18(17)19)26-10-9-24/h2-5,7,12,15,20-21,24-25H,6,8-11,13H2,1H3/t15-,20-,21+/m1/s1. The lowest BCUT2D eigenvalue weighted by Gasteiger charge is -2.48. The van der Waals surface area contributed by atoms with Crippen LogP contribution in [0.1, 0.15) is 31.4 Å². The number of aromatic nitrogens is 1. The van der Waals surface area contributed by atoms with Crippen LogP contribution >= 0.6 is 0 Å². The van der Waals surface area contributed by atoms with E-state index in [0.29, 0.717) is 11.7 Å². The van der Waals surface area contributed by atoms with Crippen molar-refractivity contribution < 1.29 is 14.9 Å². The van der Waals surface area contributed by atoms with E-state index in [9.17, 15) is 5.11 Å². The minimum Gasteiger partial charge on any atom is -0.491 e. The van der Waals surface area contributed by atoms with Gasteiger partial charge in [-0.3, -0.25) is 9.88 Å². The number of fused-ring (bicyclic) bond motifs is 4. The van der Waals surface area contributed by atoms with Crippen molar-refractivity contribution in [3.63, 3.8) is 0 Å². The second-order valence-corrected chi connectivity index (χ2v) is 7.22. The Labute approximate surface area is 153 Å². The van der Waals surface area contributed by atoms with Crippen molar-refractivity contribution in [2.45, 2.75) is 31.9 Å². The molecule has 5 rings (SSSR count). The second-order valence-electron chi connectivity index (χ2n) is 7.22. The van der Waals surface area contributed by atoms with Gasteiger partial charge in [-0.2, -0.15) is 0 Å². The van der Waals surface area contributed by atoms with Crippen molar-refractivity contribution >= 4 is 10.9 Å². The Bertz CT molecular complexity index is 820. The lowest BCUT2D eigenvalue weighted by atomic mass is 9.76. The van der Waals surface area contributed by atoms with E-state index < -0.39 is 6.10 Å². The lowest BCUT2D eigenvalue weighted by Crippen LogP contribution is -2.52. The molecule has 0 aliphatic carbocycles. The topological polar surface area (TPSA) is 65.8 Å². The maximum absolute atomic E-state index is 11.2. The zero-order valence-corrected chi connectivity index (χ0v) is 15.1. The van der Waals surface area contributed by atoms with Gasteiger partial charge in [0.05, 0.1) is 18.2 Å². The zero-order valence-electron chi connectivity index (χ0n) is 15.1. The predicted octanol–water partition coefficient (Wildman–Crippen LogP) is 2.68. The summed E-state index contributed by atoms with van der Waals surface area (Å²) in [6.45, 7) is 4.38. The normalized spacial score (nSPS) is 27.8. The molecule has 1 aromatic carbocycles. The summed E-state index contributed by atoms with van der Waals surface area (Å²) >= 11 is 0. The van der Waals surface area contributed by atoms with Crippen LogP contribution in [-0.2, 0) is 0 Å². The predicted molar refractivity (Wildman–Crippen MR) is 101 cm³/mol. The van der Waals surface area contributed by atoms with E-state index in [2.05, 4.69) is 22.9 Å². The Morgan fingerprint density at radius 2 is 2.27 bits per heavy atom. The average Bonchev–Trinajstić information content (AvgIpc) is 2.71. The van der Waals surface area contributed by atoms with Gasteiger partial charge in [-0.1, -0.05) is 11.6 Å². The fourth-order valence-corrected chi connectivity index (χ4v) is 4.46. The van der Waals surface area contributed by atoms with Gasteiger partial charge < -0.3 is 14.9 Å². The van der Waals surface area contributed by atoms with Gasteiger partial charge in [0.2, 0.25) is 0 Å². The third kappa shape index (κ3) is 3.11. The molecule has 3 saturated heterocycles. The Hall–Kier alpha value is -1.95. The maximum atomic E-state index is 11.2. The molecule has 0 radical (unpaired) electrons. The molecule has 2 aromatic rings. The highest BCUT2D eigenvalue weighted by molar-refractivity contribution is 5.84. The number of ether oxygens (including phenoxy) is 1. The fraction of sp³-hybridized carbons (Fsp3) is 0.476. The molecule has 5 nitrogen and oxygen atoms in total. The van der Waals surface area contributed by atoms with Gasteiger partial charge in [0.25, 0.3) is 0 Å². The quantitative estimate of drug-likeness (QED) is 0.808. The zero-order chi connectivity index (χ0) is 18.1. The molecule has 5 heteroatoms. The summed E-state index contributed by atoms with van der Waals surface area (Å²) < 4.78 is 5.54. The first-order valence-electron chi connectivity index (χ1n) is 9.40. The van der Waals surface area contributed by atoms with Crippen LogP contribution in [0.15, 0.2) is 42.1 Å². The monoisotopic (exact) mass is 354 g/mol. The van der Waals surface area contributed by atoms with Gasteiger partial charge in [-0.15, -0.1) is 0 Å². The van der Waals surface area contributed by atoms with Crippen molar-refractivity contribution in [3.8, 4) is 5.75 Å². The molecule has 1 unspecified atom stereocenters. The summed E-state index contributed by atoms with van der Waals surface area (Å²) in [6, 6.07) is 7.74. The third-order valence-electron chi connectivity index (χ3n) is 5.83. The number of piperidine rings is 3. The average molecular weight is 354 g/mol. The fourth-order valence-electron chi connectivity index (χ4n) is 4.46. The SMILES string of the molecule is CC=C1CN2CC[C@@H]1C[C@@H]2[C@@H](O)c1ccnc2ccc(OCCO)cc12. The van der Waals surface area contributed by atoms with Crippen molar-refractivity contribution in [1.29, 1.82) is 0 Å². The van der Waals surface area contributed by atoms with Crippen molar-refractivity contribution in [2.24, 2.45) is 5.92 Å². The number of hydrogen-bond donors (Lipinski definition) is 2. The van der Waals surface area contributed by atoms with Crippen LogP contribution in [0.5, 0.6) is 5.75 Å². The van der Waals surface area contributed by atoms with Crippen molar-refractivity contribution in [1.82, 2.24) is 9.88 Å². The number of aliphatic hydroxyl groups is 2. The summed E-state index contributed by atoms with van der Waals surface area (Å²) in [6.07, 6.45) is 5.66. The van der Waals surface area contributed by atoms with Crippen LogP contribution in [-0.4, -0.2) is 52.4 Å². The smallest absolute Gasteiger partial charge is 0.120 e. The Morgan fingerprint density at radius 1 is 1.38 bits per heavy atom. The van der Waals surface area contributed by atoms with E-state index >= 15 is 0 Å². The first kappa shape index (κ1) is 17.5. The Morgan fingerprint density at radius 3 is 3.00 bits per heavy atom. The van der Waals surface area contributed by atoms with Gasteiger partial charge in [0.1, 0.15) is 12.4 Å². The molecule has 4 atom stereocenters. The van der Waals surface area contributed by atoms with E-state index in [1.807, 2.05) is 24.3 Å². The maximum Gasteiger partial charge on any atom is 0.120 e. The van der Waals surface area contributed by atoms with E-state index in [1.54, 1.807) is 6.20 Å². The highest BCUT2D eigenvalue weighted by Gasteiger charge is 2.40. The first-order chi connectivity index (χ1) is 12.7. The van der Waals surface area contributed by atoms with Gasteiger partial charge >= 0.3 is 0 Å². The minimum absolute atomic E-state index is 0.0216. The molecule has 2 bridgehead atoms. The molecular formula is C21H26N2O3. The number of rotatable bonds is 5. The van der Waals surface area contributed by atoms with Crippen LogP contribution in [0.4, 0.5) is 0 Å². The minimum atomic E-state index is -0.546. The summed E-state index contributed by atoms with van der Waals surface area (Å²) in [4.78, 5) is 6.84.